The number of nitrogens with zero attached hydrogens (tertiary/aromatic N) is 5. The first-order valence-corrected chi connectivity index (χ1v) is 7.33. The van der Waals surface area contributed by atoms with Gasteiger partial charge in [-0.05, 0) is 26.0 Å². The minimum Gasteiger partial charge on any atom is -0.384 e. The third-order valence-corrected chi connectivity index (χ3v) is 3.36. The van der Waals surface area contributed by atoms with E-state index in [-0.39, 0.29) is 6.04 Å². The van der Waals surface area contributed by atoms with Crippen molar-refractivity contribution in [2.45, 2.75) is 26.3 Å². The van der Waals surface area contributed by atoms with Crippen LogP contribution in [0.3, 0.4) is 0 Å². The molecule has 1 atom stereocenters. The number of ether oxygens (including phenoxy) is 1. The molecule has 0 fully saturated rings. The van der Waals surface area contributed by atoms with E-state index < -0.39 is 0 Å². The SMILES string of the molecule is COCCc1noc(C(C)Nc2ncnc3ccc(C)nc23)n1. The van der Waals surface area contributed by atoms with E-state index in [9.17, 15) is 0 Å². The molecular weight excluding hydrogens is 296 g/mol. The van der Waals surface area contributed by atoms with Gasteiger partial charge in [0.05, 0.1) is 12.1 Å². The largest absolute Gasteiger partial charge is 0.384 e. The molecule has 0 radical (unpaired) electrons. The lowest BCUT2D eigenvalue weighted by Crippen LogP contribution is -2.10. The molecule has 3 rings (SSSR count). The highest BCUT2D eigenvalue weighted by Crippen LogP contribution is 2.22. The molecule has 0 saturated heterocycles. The Morgan fingerprint density at radius 1 is 1.26 bits per heavy atom. The summed E-state index contributed by atoms with van der Waals surface area (Å²) in [6.07, 6.45) is 2.12. The van der Waals surface area contributed by atoms with Crippen LogP contribution in [0.25, 0.3) is 11.0 Å². The van der Waals surface area contributed by atoms with Crippen molar-refractivity contribution in [2.24, 2.45) is 0 Å². The molecule has 3 heterocycles. The van der Waals surface area contributed by atoms with Gasteiger partial charge >= 0.3 is 0 Å². The van der Waals surface area contributed by atoms with Crippen LogP contribution in [0.1, 0.15) is 30.4 Å². The van der Waals surface area contributed by atoms with E-state index >= 15 is 0 Å². The van der Waals surface area contributed by atoms with Gasteiger partial charge in [-0.3, -0.25) is 0 Å². The number of fused-ring (bicyclic) bond motifs is 1. The summed E-state index contributed by atoms with van der Waals surface area (Å²) in [5.74, 6) is 1.76. The number of hydrogen-bond donors (Lipinski definition) is 1. The number of aromatic nitrogens is 5. The molecule has 0 aliphatic rings. The summed E-state index contributed by atoms with van der Waals surface area (Å²) in [7, 11) is 1.64. The van der Waals surface area contributed by atoms with Gasteiger partial charge in [-0.15, -0.1) is 0 Å². The number of nitrogens with one attached hydrogen (secondary N) is 1. The molecule has 0 spiro atoms. The van der Waals surface area contributed by atoms with E-state index in [4.69, 9.17) is 9.26 Å². The first-order valence-electron chi connectivity index (χ1n) is 7.33. The summed E-state index contributed by atoms with van der Waals surface area (Å²) in [4.78, 5) is 17.4. The van der Waals surface area contributed by atoms with Crippen LogP contribution in [0.15, 0.2) is 23.0 Å². The van der Waals surface area contributed by atoms with E-state index in [1.807, 2.05) is 26.0 Å². The lowest BCUT2D eigenvalue weighted by molar-refractivity contribution is 0.199. The molecule has 1 unspecified atom stereocenters. The second kappa shape index (κ2) is 6.66. The molecule has 1 N–H and O–H groups in total. The average molecular weight is 314 g/mol. The first-order chi connectivity index (χ1) is 11.2. The molecule has 0 amide bonds. The standard InChI is InChI=1S/C15H18N6O2/c1-9-4-5-11-13(18-9)14(17-8-16-11)19-10(2)15-20-12(21-23-15)6-7-22-3/h4-5,8,10H,6-7H2,1-3H3,(H,16,17,19). The van der Waals surface area contributed by atoms with E-state index in [1.165, 1.54) is 6.33 Å². The van der Waals surface area contributed by atoms with Crippen molar-refractivity contribution >= 4 is 16.9 Å². The highest BCUT2D eigenvalue weighted by atomic mass is 16.5. The highest BCUT2D eigenvalue weighted by Gasteiger charge is 2.16. The van der Waals surface area contributed by atoms with Gasteiger partial charge in [-0.2, -0.15) is 4.98 Å². The topological polar surface area (TPSA) is 98.9 Å². The molecule has 0 aromatic carbocycles. The van der Waals surface area contributed by atoms with Gasteiger partial charge in [0, 0.05) is 19.2 Å². The number of methoxy groups -OCH3 is 1. The van der Waals surface area contributed by atoms with Crippen molar-refractivity contribution in [3.8, 4) is 0 Å². The van der Waals surface area contributed by atoms with Gasteiger partial charge in [0.25, 0.3) is 0 Å². The number of pyridine rings is 1. The third kappa shape index (κ3) is 3.42. The van der Waals surface area contributed by atoms with Gasteiger partial charge in [0.1, 0.15) is 17.9 Å². The smallest absolute Gasteiger partial charge is 0.248 e. The Kier molecular flexibility index (Phi) is 4.42. The lowest BCUT2D eigenvalue weighted by atomic mass is 10.3. The van der Waals surface area contributed by atoms with Crippen LogP contribution in [-0.4, -0.2) is 38.8 Å². The number of rotatable bonds is 6. The lowest BCUT2D eigenvalue weighted by Gasteiger charge is -2.11. The molecule has 8 heteroatoms. The van der Waals surface area contributed by atoms with Crippen LogP contribution in [0, 0.1) is 6.92 Å². The minimum absolute atomic E-state index is 0.195. The fraction of sp³-hybridized carbons (Fsp3) is 0.400. The van der Waals surface area contributed by atoms with Crippen LogP contribution in [0.2, 0.25) is 0 Å². The second-order valence-electron chi connectivity index (χ2n) is 5.20. The van der Waals surface area contributed by atoms with Crippen molar-refractivity contribution in [2.75, 3.05) is 19.0 Å². The molecule has 0 bridgehead atoms. The molecule has 23 heavy (non-hydrogen) atoms. The predicted molar refractivity (Wildman–Crippen MR) is 84.0 cm³/mol. The van der Waals surface area contributed by atoms with Gasteiger partial charge in [-0.25, -0.2) is 15.0 Å². The maximum absolute atomic E-state index is 5.29. The molecule has 120 valence electrons. The van der Waals surface area contributed by atoms with Crippen molar-refractivity contribution in [3.63, 3.8) is 0 Å². The normalized spacial score (nSPS) is 12.5. The van der Waals surface area contributed by atoms with Gasteiger partial charge in [-0.1, -0.05) is 5.16 Å². The van der Waals surface area contributed by atoms with Gasteiger partial charge in [0.2, 0.25) is 5.89 Å². The Hall–Kier alpha value is -2.61. The van der Waals surface area contributed by atoms with Crippen LogP contribution in [-0.2, 0) is 11.2 Å². The fourth-order valence-corrected chi connectivity index (χ4v) is 2.15. The van der Waals surface area contributed by atoms with E-state index in [0.717, 1.165) is 16.7 Å². The quantitative estimate of drug-likeness (QED) is 0.738. The maximum atomic E-state index is 5.29. The zero-order valence-corrected chi connectivity index (χ0v) is 13.3. The zero-order valence-electron chi connectivity index (χ0n) is 13.3. The summed E-state index contributed by atoms with van der Waals surface area (Å²) in [5, 5.41) is 7.20. The van der Waals surface area contributed by atoms with Gasteiger partial charge < -0.3 is 14.6 Å². The summed E-state index contributed by atoms with van der Waals surface area (Å²) < 4.78 is 10.3. The summed E-state index contributed by atoms with van der Waals surface area (Å²) in [5.41, 5.74) is 2.41. The van der Waals surface area contributed by atoms with Crippen LogP contribution >= 0.6 is 0 Å². The maximum Gasteiger partial charge on any atom is 0.248 e. The first kappa shape index (κ1) is 15.3. The zero-order chi connectivity index (χ0) is 16.2. The monoisotopic (exact) mass is 314 g/mol. The molecule has 0 aliphatic carbocycles. The molecule has 3 aromatic rings. The van der Waals surface area contributed by atoms with Crippen molar-refractivity contribution in [3.05, 3.63) is 35.9 Å². The Morgan fingerprint density at radius 2 is 2.13 bits per heavy atom. The van der Waals surface area contributed by atoms with Crippen LogP contribution in [0.5, 0.6) is 0 Å². The third-order valence-electron chi connectivity index (χ3n) is 3.36. The highest BCUT2D eigenvalue weighted by molar-refractivity contribution is 5.84. The Balaban J connectivity index is 1.81. The number of aryl methyl sites for hydroxylation is 1. The Labute approximate surface area is 133 Å². The van der Waals surface area contributed by atoms with E-state index in [1.54, 1.807) is 7.11 Å². The predicted octanol–water partition coefficient (Wildman–Crippen LogP) is 2.08. The number of hydrogen-bond acceptors (Lipinski definition) is 8. The minimum atomic E-state index is -0.195. The molecule has 0 aliphatic heterocycles. The van der Waals surface area contributed by atoms with Crippen molar-refractivity contribution < 1.29 is 9.26 Å². The fourth-order valence-electron chi connectivity index (χ4n) is 2.15. The van der Waals surface area contributed by atoms with Crippen LogP contribution < -0.4 is 5.32 Å². The Bertz CT molecular complexity index is 804. The Morgan fingerprint density at radius 3 is 2.96 bits per heavy atom. The van der Waals surface area contributed by atoms with Crippen molar-refractivity contribution in [1.29, 1.82) is 0 Å². The van der Waals surface area contributed by atoms with Crippen molar-refractivity contribution in [1.82, 2.24) is 25.1 Å². The van der Waals surface area contributed by atoms with E-state index in [0.29, 0.717) is 30.6 Å². The summed E-state index contributed by atoms with van der Waals surface area (Å²) >= 11 is 0. The van der Waals surface area contributed by atoms with E-state index in [2.05, 4.69) is 30.4 Å². The molecule has 8 nitrogen and oxygen atoms in total. The summed E-state index contributed by atoms with van der Waals surface area (Å²) in [6, 6.07) is 3.65. The average Bonchev–Trinajstić information content (AvgIpc) is 3.02. The molecule has 3 aromatic heterocycles. The van der Waals surface area contributed by atoms with Crippen LogP contribution in [0.4, 0.5) is 5.82 Å². The second-order valence-corrected chi connectivity index (χ2v) is 5.20. The summed E-state index contributed by atoms with van der Waals surface area (Å²) in [6.45, 7) is 4.41. The molecular formula is C15H18N6O2. The number of anilines is 1. The molecule has 0 saturated carbocycles. The van der Waals surface area contributed by atoms with Gasteiger partial charge in [0.15, 0.2) is 11.6 Å².